The Morgan fingerprint density at radius 2 is 1.25 bits per heavy atom. The third-order valence-corrected chi connectivity index (χ3v) is 0.333. The minimum absolute atomic E-state index is 2.00. The highest BCUT2D eigenvalue weighted by Crippen LogP contribution is 1.42. The Morgan fingerprint density at radius 3 is 1.25 bits per heavy atom. The van der Waals surface area contributed by atoms with Gasteiger partial charge in [0, 0.05) is 0 Å². The van der Waals surface area contributed by atoms with Crippen LogP contribution in [0, 0.1) is 0 Å². The average Bonchev–Trinajstić information content (AvgIpc) is 1.37. The summed E-state index contributed by atoms with van der Waals surface area (Å²) >= 11 is 0. The molecule has 0 N–H and O–H groups in total. The Morgan fingerprint density at radius 1 is 1.00 bits per heavy atom. The van der Waals surface area contributed by atoms with E-state index in [1.807, 2.05) is 27.6 Å². The molecule has 0 amide bonds. The molecule has 0 aromatic heterocycles. The van der Waals surface area contributed by atoms with Gasteiger partial charge in [-0.05, 0) is 0 Å². The fourth-order valence-electron chi connectivity index (χ4n) is 0. The van der Waals surface area contributed by atoms with E-state index in [-0.39, 0.29) is 0 Å². The molecule has 0 aliphatic carbocycles. The Labute approximate surface area is 28.7 Å². The molecule has 0 radical (unpaired) electrons. The van der Waals surface area contributed by atoms with Crippen LogP contribution in [0.25, 0.3) is 0 Å². The molecule has 0 aliphatic rings. The molecule has 2 heteroatoms. The van der Waals surface area contributed by atoms with Crippen molar-refractivity contribution in [3.05, 3.63) is 12.0 Å². The summed E-state index contributed by atoms with van der Waals surface area (Å²) in [7, 11) is 4.00. The summed E-state index contributed by atoms with van der Waals surface area (Å²) in [5.74, 6) is 4.00. The van der Waals surface area contributed by atoms with Crippen LogP contribution in [-0.4, -0.2) is 15.7 Å². The summed E-state index contributed by atoms with van der Waals surface area (Å²) in [6.07, 6.45) is 0. The van der Waals surface area contributed by atoms with E-state index in [1.54, 1.807) is 0 Å². The highest BCUT2D eigenvalue weighted by molar-refractivity contribution is 6.25. The van der Waals surface area contributed by atoms with E-state index in [1.165, 1.54) is 0 Å². The predicted molar refractivity (Wildman–Crippen MR) is 26.2 cm³/mol. The molecule has 0 fully saturated rings. The van der Waals surface area contributed by atoms with Crippen molar-refractivity contribution < 1.29 is 0 Å². The minimum atomic E-state index is 2.00. The third kappa shape index (κ3) is 1.87. The Balaban J connectivity index is 2.55. The van der Waals surface area contributed by atoms with Gasteiger partial charge < -0.3 is 0 Å². The SMILES string of the molecule is B/C=C\B. The van der Waals surface area contributed by atoms with Crippen LogP contribution >= 0.6 is 0 Å². The lowest BCUT2D eigenvalue weighted by Gasteiger charge is -1.47. The van der Waals surface area contributed by atoms with E-state index in [2.05, 4.69) is 0 Å². The predicted octanol–water partition coefficient (Wildman–Crippen LogP) is -1.28. The first-order chi connectivity index (χ1) is 1.91. The monoisotopic (exact) mass is 52.1 g/mol. The van der Waals surface area contributed by atoms with Crippen LogP contribution in [0.1, 0.15) is 0 Å². The Hall–Kier alpha value is -0.130. The lowest BCUT2D eigenvalue weighted by atomic mass is 10.0. The quantitative estimate of drug-likeness (QED) is 0.301. The van der Waals surface area contributed by atoms with Crippen LogP contribution in [0.4, 0.5) is 0 Å². The second-order valence-corrected chi connectivity index (χ2v) is 0.667. The van der Waals surface area contributed by atoms with Crippen LogP contribution in [0.5, 0.6) is 0 Å². The maximum atomic E-state index is 2.00. The van der Waals surface area contributed by atoms with Crippen molar-refractivity contribution in [2.45, 2.75) is 0 Å². The highest BCUT2D eigenvalue weighted by atomic mass is 13.1. The van der Waals surface area contributed by atoms with Crippen LogP contribution in [0.15, 0.2) is 12.0 Å². The van der Waals surface area contributed by atoms with Gasteiger partial charge in [-0.3, -0.25) is 0 Å². The highest BCUT2D eigenvalue weighted by Gasteiger charge is 1.37. The van der Waals surface area contributed by atoms with E-state index < -0.39 is 0 Å². The van der Waals surface area contributed by atoms with Gasteiger partial charge in [0.15, 0.2) is 0 Å². The molecule has 0 saturated heterocycles. The zero-order chi connectivity index (χ0) is 3.41. The number of hydrogen-bond acceptors (Lipinski definition) is 0. The van der Waals surface area contributed by atoms with Gasteiger partial charge in [0.05, 0.1) is 0 Å². The molecule has 0 heterocycles. The standard InChI is InChI=1S/C2H6B2/c3-1-2-4/h1-2H,3-4H2/b2-1-. The molecule has 0 aliphatic heterocycles. The first-order valence-corrected chi connectivity index (χ1v) is 1.49. The van der Waals surface area contributed by atoms with Crippen molar-refractivity contribution in [3.8, 4) is 0 Å². The number of hydrogen-bond donors (Lipinski definition) is 0. The minimum Gasteiger partial charge on any atom is -0.137 e. The molecule has 0 bridgehead atoms. The molecule has 20 valence electrons. The molecule has 0 spiro atoms. The van der Waals surface area contributed by atoms with Crippen molar-refractivity contribution in [1.29, 1.82) is 0 Å². The topological polar surface area (TPSA) is 0 Å². The lowest BCUT2D eigenvalue weighted by Crippen LogP contribution is -1.47. The van der Waals surface area contributed by atoms with Gasteiger partial charge in [0.2, 0.25) is 0 Å². The summed E-state index contributed by atoms with van der Waals surface area (Å²) < 4.78 is 0. The number of rotatable bonds is 0. The van der Waals surface area contributed by atoms with Crippen LogP contribution in [0.2, 0.25) is 0 Å². The first-order valence-electron chi connectivity index (χ1n) is 1.49. The summed E-state index contributed by atoms with van der Waals surface area (Å²) in [6, 6.07) is 0. The van der Waals surface area contributed by atoms with Crippen molar-refractivity contribution in [2.24, 2.45) is 0 Å². The molecule has 0 unspecified atom stereocenters. The molecule has 0 rings (SSSR count). The smallest absolute Gasteiger partial charge is 0.128 e. The van der Waals surface area contributed by atoms with E-state index >= 15 is 0 Å². The summed E-state index contributed by atoms with van der Waals surface area (Å²) in [5, 5.41) is 0. The van der Waals surface area contributed by atoms with Gasteiger partial charge in [0.25, 0.3) is 0 Å². The van der Waals surface area contributed by atoms with Crippen molar-refractivity contribution in [3.63, 3.8) is 0 Å². The van der Waals surface area contributed by atoms with E-state index in [4.69, 9.17) is 0 Å². The molecule has 0 saturated carbocycles. The van der Waals surface area contributed by atoms with Crippen LogP contribution in [0.3, 0.4) is 0 Å². The summed E-state index contributed by atoms with van der Waals surface area (Å²) in [4.78, 5) is 0. The van der Waals surface area contributed by atoms with E-state index in [9.17, 15) is 0 Å². The van der Waals surface area contributed by atoms with Crippen molar-refractivity contribution in [2.75, 3.05) is 0 Å². The fourth-order valence-corrected chi connectivity index (χ4v) is 0. The second kappa shape index (κ2) is 2.87. The third-order valence-electron chi connectivity index (χ3n) is 0.333. The van der Waals surface area contributed by atoms with E-state index in [0.717, 1.165) is 0 Å². The molecule has 0 atom stereocenters. The molecular formula is C2H6B2. The first kappa shape index (κ1) is 3.87. The van der Waals surface area contributed by atoms with Gasteiger partial charge in [-0.15, -0.1) is 12.0 Å². The van der Waals surface area contributed by atoms with Gasteiger partial charge >= 0.3 is 0 Å². The van der Waals surface area contributed by atoms with Gasteiger partial charge in [0.1, 0.15) is 15.7 Å². The lowest BCUT2D eigenvalue weighted by molar-refractivity contribution is 2.50. The van der Waals surface area contributed by atoms with Crippen LogP contribution < -0.4 is 0 Å². The fraction of sp³-hybridized carbons (Fsp3) is 0. The molecular weight excluding hydrogens is 45.6 g/mol. The molecule has 0 nitrogen and oxygen atoms in total. The zero-order valence-corrected chi connectivity index (χ0v) is 3.15. The zero-order valence-electron chi connectivity index (χ0n) is 3.15. The van der Waals surface area contributed by atoms with Gasteiger partial charge in [-0.1, -0.05) is 0 Å². The maximum absolute atomic E-state index is 2.00. The van der Waals surface area contributed by atoms with Crippen molar-refractivity contribution >= 4 is 15.7 Å². The molecule has 0 aromatic rings. The van der Waals surface area contributed by atoms with Gasteiger partial charge in [-0.2, -0.15) is 0 Å². The van der Waals surface area contributed by atoms with Gasteiger partial charge in [-0.25, -0.2) is 0 Å². The average molecular weight is 51.7 g/mol. The maximum Gasteiger partial charge on any atom is 0.128 e. The molecule has 4 heavy (non-hydrogen) atoms. The Kier molecular flexibility index (Phi) is 2.78. The Bertz CT molecular complexity index is 19.2. The second-order valence-electron chi connectivity index (χ2n) is 0.667. The van der Waals surface area contributed by atoms with Crippen molar-refractivity contribution in [1.82, 2.24) is 0 Å². The normalized spacial score (nSPS) is 9.00. The van der Waals surface area contributed by atoms with Crippen LogP contribution in [-0.2, 0) is 0 Å². The summed E-state index contributed by atoms with van der Waals surface area (Å²) in [6.45, 7) is 0. The van der Waals surface area contributed by atoms with E-state index in [0.29, 0.717) is 0 Å². The molecule has 0 aromatic carbocycles. The summed E-state index contributed by atoms with van der Waals surface area (Å²) in [5.41, 5.74) is 0. The largest absolute Gasteiger partial charge is 0.137 e.